The predicted molar refractivity (Wildman–Crippen MR) is 94.5 cm³/mol. The Bertz CT molecular complexity index is 702. The van der Waals surface area contributed by atoms with Crippen molar-refractivity contribution in [3.05, 3.63) is 83.4 Å². The highest BCUT2D eigenvalue weighted by Gasteiger charge is 2.60. The third kappa shape index (κ3) is 2.59. The number of benzene rings is 2. The minimum Gasteiger partial charge on any atom is -0.352 e. The molecule has 3 rings (SSSR count). The van der Waals surface area contributed by atoms with E-state index in [2.05, 4.69) is 74.3 Å². The average Bonchev–Trinajstić information content (AvgIpc) is 3.30. The molecule has 0 aromatic heterocycles. The van der Waals surface area contributed by atoms with Crippen molar-refractivity contribution in [1.29, 1.82) is 0 Å². The normalized spacial score (nSPS) is 18.3. The number of carbonyl (C=O) groups excluding carboxylic acids is 1. The van der Waals surface area contributed by atoms with Crippen LogP contribution in [-0.2, 0) is 10.2 Å². The van der Waals surface area contributed by atoms with Crippen LogP contribution in [0.15, 0.2) is 61.2 Å². The Hall–Kier alpha value is -2.35. The van der Waals surface area contributed by atoms with Crippen LogP contribution >= 0.6 is 0 Å². The van der Waals surface area contributed by atoms with Gasteiger partial charge in [0.1, 0.15) is 0 Å². The van der Waals surface area contributed by atoms with Crippen LogP contribution < -0.4 is 5.32 Å². The molecule has 0 heterocycles. The summed E-state index contributed by atoms with van der Waals surface area (Å²) in [6, 6.07) is 16.8. The van der Waals surface area contributed by atoms with E-state index < -0.39 is 0 Å². The fourth-order valence-corrected chi connectivity index (χ4v) is 3.76. The highest BCUT2D eigenvalue weighted by Crippen LogP contribution is 2.60. The van der Waals surface area contributed by atoms with Crippen molar-refractivity contribution in [2.75, 3.05) is 6.54 Å². The zero-order valence-electron chi connectivity index (χ0n) is 13.8. The molecule has 0 saturated heterocycles. The topological polar surface area (TPSA) is 29.1 Å². The monoisotopic (exact) mass is 305 g/mol. The molecule has 23 heavy (non-hydrogen) atoms. The van der Waals surface area contributed by atoms with Gasteiger partial charge in [-0.15, -0.1) is 6.58 Å². The minimum absolute atomic E-state index is 0.00958. The highest BCUT2D eigenvalue weighted by atomic mass is 16.2. The van der Waals surface area contributed by atoms with Gasteiger partial charge in [-0.2, -0.15) is 0 Å². The SMILES string of the molecule is C=CCNC(=O)C1CC1(c1ccccc1C)c1ccccc1C. The van der Waals surface area contributed by atoms with Crippen molar-refractivity contribution >= 4 is 5.91 Å². The van der Waals surface area contributed by atoms with Gasteiger partial charge in [0, 0.05) is 12.0 Å². The first-order valence-electron chi connectivity index (χ1n) is 8.12. The van der Waals surface area contributed by atoms with Crippen LogP contribution in [0.25, 0.3) is 0 Å². The summed E-state index contributed by atoms with van der Waals surface area (Å²) in [6.45, 7) is 8.46. The summed E-state index contributed by atoms with van der Waals surface area (Å²) in [6.07, 6.45) is 2.59. The Kier molecular flexibility index (Phi) is 4.08. The quantitative estimate of drug-likeness (QED) is 0.834. The number of hydrogen-bond acceptors (Lipinski definition) is 1. The molecule has 118 valence electrons. The first-order valence-corrected chi connectivity index (χ1v) is 8.12. The van der Waals surface area contributed by atoms with Gasteiger partial charge >= 0.3 is 0 Å². The van der Waals surface area contributed by atoms with Gasteiger partial charge in [0.2, 0.25) is 5.91 Å². The van der Waals surface area contributed by atoms with E-state index in [9.17, 15) is 4.79 Å². The summed E-state index contributed by atoms with van der Waals surface area (Å²) in [7, 11) is 0. The number of carbonyl (C=O) groups is 1. The standard InChI is InChI=1S/C21H23NO/c1-4-13-22-20(23)19-14-21(19,17-11-7-5-9-15(17)2)18-12-8-6-10-16(18)3/h4-12,19H,1,13-14H2,2-3H3,(H,22,23). The molecule has 1 aliphatic carbocycles. The van der Waals surface area contributed by atoms with E-state index in [0.29, 0.717) is 6.54 Å². The highest BCUT2D eigenvalue weighted by molar-refractivity contribution is 5.86. The number of aryl methyl sites for hydroxylation is 2. The number of hydrogen-bond donors (Lipinski definition) is 1. The molecule has 0 bridgehead atoms. The van der Waals surface area contributed by atoms with E-state index in [1.165, 1.54) is 22.3 Å². The van der Waals surface area contributed by atoms with Gasteiger partial charge < -0.3 is 5.32 Å². The first-order chi connectivity index (χ1) is 11.1. The van der Waals surface area contributed by atoms with Gasteiger partial charge in [-0.1, -0.05) is 54.6 Å². The molecule has 1 N–H and O–H groups in total. The molecule has 2 aromatic carbocycles. The first kappa shape index (κ1) is 15.5. The van der Waals surface area contributed by atoms with E-state index in [1.54, 1.807) is 6.08 Å². The molecule has 0 aliphatic heterocycles. The van der Waals surface area contributed by atoms with Crippen LogP contribution in [-0.4, -0.2) is 12.5 Å². The second-order valence-corrected chi connectivity index (χ2v) is 6.39. The smallest absolute Gasteiger partial charge is 0.224 e. The van der Waals surface area contributed by atoms with Gasteiger partial charge in [0.15, 0.2) is 0 Å². The van der Waals surface area contributed by atoms with Crippen molar-refractivity contribution < 1.29 is 4.79 Å². The van der Waals surface area contributed by atoms with Gasteiger partial charge in [0.25, 0.3) is 0 Å². The summed E-state index contributed by atoms with van der Waals surface area (Å²) in [5.41, 5.74) is 4.84. The zero-order valence-corrected chi connectivity index (χ0v) is 13.8. The zero-order chi connectivity index (χ0) is 16.4. The molecule has 1 atom stereocenters. The third-order valence-electron chi connectivity index (χ3n) is 4.95. The Labute approximate surface area is 138 Å². The summed E-state index contributed by atoms with van der Waals surface area (Å²) >= 11 is 0. The fourth-order valence-electron chi connectivity index (χ4n) is 3.76. The van der Waals surface area contributed by atoms with E-state index in [4.69, 9.17) is 0 Å². The molecule has 1 aliphatic rings. The van der Waals surface area contributed by atoms with Crippen LogP contribution in [0.4, 0.5) is 0 Å². The lowest BCUT2D eigenvalue weighted by Gasteiger charge is -2.23. The molecule has 2 heteroatoms. The maximum absolute atomic E-state index is 12.6. The van der Waals surface area contributed by atoms with Gasteiger partial charge in [0.05, 0.1) is 5.92 Å². The molecular formula is C21H23NO. The summed E-state index contributed by atoms with van der Waals surface area (Å²) in [5.74, 6) is 0.112. The second kappa shape index (κ2) is 6.04. The lowest BCUT2D eigenvalue weighted by atomic mass is 9.81. The van der Waals surface area contributed by atoms with Crippen LogP contribution in [0.1, 0.15) is 28.7 Å². The largest absolute Gasteiger partial charge is 0.352 e. The Morgan fingerprint density at radius 1 is 1.13 bits per heavy atom. The summed E-state index contributed by atoms with van der Waals surface area (Å²) < 4.78 is 0. The van der Waals surface area contributed by atoms with Crippen molar-refractivity contribution in [2.45, 2.75) is 25.7 Å². The number of rotatable bonds is 5. The molecule has 1 fully saturated rings. The van der Waals surface area contributed by atoms with Crippen molar-refractivity contribution in [3.8, 4) is 0 Å². The lowest BCUT2D eigenvalue weighted by molar-refractivity contribution is -0.122. The molecule has 1 amide bonds. The second-order valence-electron chi connectivity index (χ2n) is 6.39. The third-order valence-corrected chi connectivity index (χ3v) is 4.95. The molecule has 2 nitrogen and oxygen atoms in total. The lowest BCUT2D eigenvalue weighted by Crippen LogP contribution is -2.29. The molecule has 1 saturated carbocycles. The van der Waals surface area contributed by atoms with Gasteiger partial charge in [-0.25, -0.2) is 0 Å². The van der Waals surface area contributed by atoms with E-state index in [1.807, 2.05) is 0 Å². The van der Waals surface area contributed by atoms with E-state index in [-0.39, 0.29) is 17.2 Å². The maximum Gasteiger partial charge on any atom is 0.224 e. The Morgan fingerprint density at radius 2 is 1.65 bits per heavy atom. The molecule has 2 aromatic rings. The average molecular weight is 305 g/mol. The van der Waals surface area contributed by atoms with Crippen LogP contribution in [0, 0.1) is 19.8 Å². The van der Waals surface area contributed by atoms with Crippen LogP contribution in [0.2, 0.25) is 0 Å². The predicted octanol–water partition coefficient (Wildman–Crippen LogP) is 3.91. The fraction of sp³-hybridized carbons (Fsp3) is 0.286. The number of nitrogens with one attached hydrogen (secondary N) is 1. The summed E-state index contributed by atoms with van der Waals surface area (Å²) in [4.78, 5) is 12.6. The Balaban J connectivity index is 2.07. The minimum atomic E-state index is -0.193. The van der Waals surface area contributed by atoms with Gasteiger partial charge in [-0.05, 0) is 42.5 Å². The van der Waals surface area contributed by atoms with Crippen LogP contribution in [0.5, 0.6) is 0 Å². The number of amides is 1. The van der Waals surface area contributed by atoms with Crippen molar-refractivity contribution in [3.63, 3.8) is 0 Å². The van der Waals surface area contributed by atoms with Gasteiger partial charge in [-0.3, -0.25) is 4.79 Å². The van der Waals surface area contributed by atoms with E-state index >= 15 is 0 Å². The molecule has 0 spiro atoms. The van der Waals surface area contributed by atoms with Crippen molar-refractivity contribution in [2.24, 2.45) is 5.92 Å². The summed E-state index contributed by atoms with van der Waals surface area (Å²) in [5, 5.41) is 2.97. The molecule has 1 unspecified atom stereocenters. The van der Waals surface area contributed by atoms with Crippen LogP contribution in [0.3, 0.4) is 0 Å². The maximum atomic E-state index is 12.6. The van der Waals surface area contributed by atoms with Crippen molar-refractivity contribution in [1.82, 2.24) is 5.32 Å². The Morgan fingerprint density at radius 3 is 2.13 bits per heavy atom. The van der Waals surface area contributed by atoms with E-state index in [0.717, 1.165) is 6.42 Å². The molecular weight excluding hydrogens is 282 g/mol. The molecule has 0 radical (unpaired) electrons.